The van der Waals surface area contributed by atoms with Crippen LogP contribution >= 0.6 is 0 Å². The molecule has 1 atom stereocenters. The third-order valence-electron chi connectivity index (χ3n) is 5.11. The number of aromatic nitrogens is 3. The molecule has 3 N–H and O–H groups in total. The number of hydrogen-bond donors (Lipinski definition) is 3. The van der Waals surface area contributed by atoms with Crippen LogP contribution < -0.4 is 16.0 Å². The zero-order chi connectivity index (χ0) is 21.8. The summed E-state index contributed by atoms with van der Waals surface area (Å²) >= 11 is 0. The molecular formula is C22H23F3N6. The van der Waals surface area contributed by atoms with E-state index in [0.717, 1.165) is 36.7 Å². The zero-order valence-electron chi connectivity index (χ0n) is 17.0. The van der Waals surface area contributed by atoms with Crippen LogP contribution in [0, 0.1) is 6.92 Å². The van der Waals surface area contributed by atoms with Gasteiger partial charge in [0.25, 0.3) is 0 Å². The molecule has 162 valence electrons. The first-order chi connectivity index (χ1) is 14.9. The van der Waals surface area contributed by atoms with Crippen LogP contribution in [0.2, 0.25) is 0 Å². The highest BCUT2D eigenvalue weighted by Crippen LogP contribution is 2.35. The van der Waals surface area contributed by atoms with Crippen molar-refractivity contribution in [3.8, 4) is 11.3 Å². The number of halogens is 3. The summed E-state index contributed by atoms with van der Waals surface area (Å²) in [5.41, 5.74) is 1.56. The maximum Gasteiger partial charge on any atom is 0.421 e. The minimum Gasteiger partial charge on any atom is -0.350 e. The van der Waals surface area contributed by atoms with Crippen LogP contribution in [0.15, 0.2) is 48.7 Å². The lowest BCUT2D eigenvalue weighted by atomic mass is 10.1. The van der Waals surface area contributed by atoms with E-state index < -0.39 is 11.7 Å². The van der Waals surface area contributed by atoms with E-state index in [2.05, 4.69) is 30.9 Å². The molecule has 4 rings (SSSR count). The van der Waals surface area contributed by atoms with Crippen molar-refractivity contribution in [3.05, 3.63) is 59.8 Å². The monoisotopic (exact) mass is 428 g/mol. The smallest absolute Gasteiger partial charge is 0.350 e. The highest BCUT2D eigenvalue weighted by Gasteiger charge is 2.35. The van der Waals surface area contributed by atoms with E-state index in [4.69, 9.17) is 0 Å². The van der Waals surface area contributed by atoms with Crippen LogP contribution in [-0.4, -0.2) is 34.1 Å². The van der Waals surface area contributed by atoms with E-state index in [1.165, 1.54) is 0 Å². The van der Waals surface area contributed by atoms with Crippen molar-refractivity contribution in [2.24, 2.45) is 0 Å². The second kappa shape index (κ2) is 8.89. The molecule has 1 aromatic carbocycles. The Bertz CT molecular complexity index is 1030. The molecule has 0 unspecified atom stereocenters. The van der Waals surface area contributed by atoms with Crippen LogP contribution in [0.25, 0.3) is 11.3 Å². The molecule has 1 aliphatic rings. The quantitative estimate of drug-likeness (QED) is 0.544. The lowest BCUT2D eigenvalue weighted by Gasteiger charge is -2.24. The molecule has 3 aromatic rings. The summed E-state index contributed by atoms with van der Waals surface area (Å²) < 4.78 is 40.7. The Morgan fingerprint density at radius 1 is 1.06 bits per heavy atom. The normalized spacial score (nSPS) is 16.7. The number of nitrogens with zero attached hydrogens (tertiary/aromatic N) is 3. The number of nitrogens with one attached hydrogen (secondary N) is 3. The standard InChI is InChI=1S/C22H23F3N6/c1-14-9-10-18(29-19(14)15-6-3-2-4-7-15)30-20-17(22(23,24)25)13-27-21(31-20)28-16-8-5-11-26-12-16/h2-4,6-7,9-10,13,16,26H,5,8,11-12H2,1H3,(H2,27,28,29,30,31)/t16-/m0/s1. The Kier molecular flexibility index (Phi) is 6.03. The lowest BCUT2D eigenvalue weighted by Crippen LogP contribution is -2.38. The Balaban J connectivity index is 1.65. The van der Waals surface area contributed by atoms with E-state index in [0.29, 0.717) is 12.2 Å². The maximum atomic E-state index is 13.6. The SMILES string of the molecule is Cc1ccc(Nc2nc(N[C@H]3CCCNC3)ncc2C(F)(F)F)nc1-c1ccccc1. The first kappa shape index (κ1) is 21.0. The fraction of sp³-hybridized carbons (Fsp3) is 0.318. The van der Waals surface area contributed by atoms with Crippen LogP contribution in [0.3, 0.4) is 0 Å². The number of piperidine rings is 1. The summed E-state index contributed by atoms with van der Waals surface area (Å²) in [6, 6.07) is 13.0. The average Bonchev–Trinajstić information content (AvgIpc) is 2.76. The lowest BCUT2D eigenvalue weighted by molar-refractivity contribution is -0.137. The molecule has 0 radical (unpaired) electrons. The van der Waals surface area contributed by atoms with E-state index in [-0.39, 0.29) is 23.6 Å². The average molecular weight is 428 g/mol. The number of alkyl halides is 3. The van der Waals surface area contributed by atoms with Crippen molar-refractivity contribution in [1.82, 2.24) is 20.3 Å². The van der Waals surface area contributed by atoms with Gasteiger partial charge in [0.05, 0.1) is 5.69 Å². The van der Waals surface area contributed by atoms with Crippen molar-refractivity contribution in [2.45, 2.75) is 32.0 Å². The first-order valence-electron chi connectivity index (χ1n) is 10.1. The van der Waals surface area contributed by atoms with Crippen molar-refractivity contribution in [2.75, 3.05) is 23.7 Å². The molecule has 1 aliphatic heterocycles. The van der Waals surface area contributed by atoms with Gasteiger partial charge in [-0.2, -0.15) is 18.2 Å². The van der Waals surface area contributed by atoms with Gasteiger partial charge in [-0.15, -0.1) is 0 Å². The molecule has 0 aliphatic carbocycles. The maximum absolute atomic E-state index is 13.6. The van der Waals surface area contributed by atoms with Gasteiger partial charge in [0.1, 0.15) is 17.2 Å². The highest BCUT2D eigenvalue weighted by atomic mass is 19.4. The summed E-state index contributed by atoms with van der Waals surface area (Å²) in [6.07, 6.45) is -1.90. The molecule has 2 aromatic heterocycles. The minimum absolute atomic E-state index is 0.0699. The topological polar surface area (TPSA) is 74.8 Å². The summed E-state index contributed by atoms with van der Waals surface area (Å²) in [7, 11) is 0. The first-order valence-corrected chi connectivity index (χ1v) is 10.1. The minimum atomic E-state index is -4.60. The molecule has 9 heteroatoms. The van der Waals surface area contributed by atoms with Gasteiger partial charge in [-0.25, -0.2) is 9.97 Å². The summed E-state index contributed by atoms with van der Waals surface area (Å²) in [5.74, 6) is 0.0997. The summed E-state index contributed by atoms with van der Waals surface area (Å²) in [6.45, 7) is 3.56. The van der Waals surface area contributed by atoms with Crippen molar-refractivity contribution in [1.29, 1.82) is 0 Å². The Hall–Kier alpha value is -3.20. The number of aryl methyl sites for hydroxylation is 1. The molecule has 31 heavy (non-hydrogen) atoms. The number of benzene rings is 1. The fourth-order valence-electron chi connectivity index (χ4n) is 3.52. The van der Waals surface area contributed by atoms with Gasteiger partial charge >= 0.3 is 6.18 Å². The number of hydrogen-bond acceptors (Lipinski definition) is 6. The Morgan fingerprint density at radius 3 is 2.58 bits per heavy atom. The van der Waals surface area contributed by atoms with Crippen molar-refractivity contribution in [3.63, 3.8) is 0 Å². The molecule has 0 bridgehead atoms. The predicted octanol–water partition coefficient (Wildman–Crippen LogP) is 4.77. The van der Waals surface area contributed by atoms with Gasteiger partial charge in [0, 0.05) is 24.3 Å². The van der Waals surface area contributed by atoms with Gasteiger partial charge in [0.15, 0.2) is 0 Å². The summed E-state index contributed by atoms with van der Waals surface area (Å²) in [5, 5.41) is 9.12. The molecule has 0 amide bonds. The molecule has 0 spiro atoms. The molecule has 6 nitrogen and oxygen atoms in total. The van der Waals surface area contributed by atoms with Crippen LogP contribution in [-0.2, 0) is 6.18 Å². The third-order valence-corrected chi connectivity index (χ3v) is 5.11. The Labute approximate surface area is 178 Å². The van der Waals surface area contributed by atoms with Crippen molar-refractivity contribution < 1.29 is 13.2 Å². The molecule has 1 saturated heterocycles. The van der Waals surface area contributed by atoms with Gasteiger partial charge in [0.2, 0.25) is 5.95 Å². The largest absolute Gasteiger partial charge is 0.421 e. The van der Waals surface area contributed by atoms with Crippen molar-refractivity contribution >= 4 is 17.6 Å². The Morgan fingerprint density at radius 2 is 1.87 bits per heavy atom. The number of pyridine rings is 1. The van der Waals surface area contributed by atoms with E-state index in [9.17, 15) is 13.2 Å². The van der Waals surface area contributed by atoms with Gasteiger partial charge in [-0.05, 0) is 37.9 Å². The van der Waals surface area contributed by atoms with Crippen LogP contribution in [0.1, 0.15) is 24.0 Å². The van der Waals surface area contributed by atoms with Gasteiger partial charge in [-0.1, -0.05) is 36.4 Å². The van der Waals surface area contributed by atoms with E-state index in [1.807, 2.05) is 43.3 Å². The zero-order valence-corrected chi connectivity index (χ0v) is 17.0. The van der Waals surface area contributed by atoms with Gasteiger partial charge in [-0.3, -0.25) is 0 Å². The molecule has 1 fully saturated rings. The predicted molar refractivity (Wildman–Crippen MR) is 114 cm³/mol. The highest BCUT2D eigenvalue weighted by molar-refractivity contribution is 5.67. The van der Waals surface area contributed by atoms with Crippen LogP contribution in [0.4, 0.5) is 30.8 Å². The van der Waals surface area contributed by atoms with E-state index in [1.54, 1.807) is 6.07 Å². The van der Waals surface area contributed by atoms with Gasteiger partial charge < -0.3 is 16.0 Å². The second-order valence-electron chi connectivity index (χ2n) is 7.49. The molecular weight excluding hydrogens is 405 g/mol. The number of rotatable bonds is 5. The van der Waals surface area contributed by atoms with E-state index >= 15 is 0 Å². The summed E-state index contributed by atoms with van der Waals surface area (Å²) in [4.78, 5) is 12.6. The fourth-order valence-corrected chi connectivity index (χ4v) is 3.52. The molecule has 0 saturated carbocycles. The second-order valence-corrected chi connectivity index (χ2v) is 7.49. The molecule has 3 heterocycles. The third kappa shape index (κ3) is 5.11. The number of anilines is 3. The van der Waals surface area contributed by atoms with Crippen LogP contribution in [0.5, 0.6) is 0 Å².